The van der Waals surface area contributed by atoms with Crippen molar-refractivity contribution >= 4 is 11.6 Å². The van der Waals surface area contributed by atoms with Gasteiger partial charge in [0.15, 0.2) is 5.76 Å². The predicted molar refractivity (Wildman–Crippen MR) is 111 cm³/mol. The van der Waals surface area contributed by atoms with Crippen LogP contribution >= 0.6 is 0 Å². The Morgan fingerprint density at radius 3 is 2.45 bits per heavy atom. The summed E-state index contributed by atoms with van der Waals surface area (Å²) in [6, 6.07) is 19.2. The van der Waals surface area contributed by atoms with Crippen molar-refractivity contribution in [3.8, 4) is 22.8 Å². The lowest BCUT2D eigenvalue weighted by Crippen LogP contribution is -2.14. The molecule has 0 atom stereocenters. The van der Waals surface area contributed by atoms with Crippen LogP contribution in [0.15, 0.2) is 77.3 Å². The highest BCUT2D eigenvalue weighted by atomic mass is 19.1. The third kappa shape index (κ3) is 3.80. The van der Waals surface area contributed by atoms with Crippen molar-refractivity contribution in [2.75, 3.05) is 5.32 Å². The van der Waals surface area contributed by atoms with E-state index in [2.05, 4.69) is 10.3 Å². The summed E-state index contributed by atoms with van der Waals surface area (Å²) in [6.07, 6.45) is 1.46. The average molecular weight is 386 g/mol. The Kier molecular flexibility index (Phi) is 4.96. The highest BCUT2D eigenvalue weighted by molar-refractivity contribution is 6.08. The Labute approximate surface area is 168 Å². The Hall–Kier alpha value is -3.73. The molecule has 3 aromatic carbocycles. The van der Waals surface area contributed by atoms with Gasteiger partial charge >= 0.3 is 0 Å². The van der Waals surface area contributed by atoms with Crippen molar-refractivity contribution in [3.05, 3.63) is 95.4 Å². The summed E-state index contributed by atoms with van der Waals surface area (Å²) in [5.41, 5.74) is 4.14. The minimum atomic E-state index is -0.393. The van der Waals surface area contributed by atoms with Crippen LogP contribution in [-0.4, -0.2) is 10.9 Å². The van der Waals surface area contributed by atoms with Crippen LogP contribution in [0, 0.1) is 19.7 Å². The van der Waals surface area contributed by atoms with Gasteiger partial charge in [-0.2, -0.15) is 0 Å². The normalized spacial score (nSPS) is 10.7. The fourth-order valence-corrected chi connectivity index (χ4v) is 3.20. The molecular weight excluding hydrogens is 367 g/mol. The van der Waals surface area contributed by atoms with E-state index in [9.17, 15) is 9.18 Å². The minimum absolute atomic E-state index is 0.259. The summed E-state index contributed by atoms with van der Waals surface area (Å²) in [5.74, 6) is -0.0911. The van der Waals surface area contributed by atoms with Crippen molar-refractivity contribution in [3.63, 3.8) is 0 Å². The predicted octanol–water partition coefficient (Wildman–Crippen LogP) is 6.02. The van der Waals surface area contributed by atoms with Gasteiger partial charge in [0.25, 0.3) is 5.91 Å². The van der Waals surface area contributed by atoms with Crippen LogP contribution < -0.4 is 5.32 Å². The van der Waals surface area contributed by atoms with Crippen LogP contribution in [0.25, 0.3) is 22.8 Å². The van der Waals surface area contributed by atoms with E-state index in [4.69, 9.17) is 4.42 Å². The molecule has 4 aromatic rings. The van der Waals surface area contributed by atoms with Crippen LogP contribution in [0.5, 0.6) is 0 Å². The van der Waals surface area contributed by atoms with E-state index in [-0.39, 0.29) is 11.8 Å². The molecule has 1 heterocycles. The van der Waals surface area contributed by atoms with E-state index >= 15 is 0 Å². The number of rotatable bonds is 4. The quantitative estimate of drug-likeness (QED) is 0.467. The number of amides is 1. The number of oxazole rings is 1. The van der Waals surface area contributed by atoms with E-state index in [0.29, 0.717) is 22.5 Å². The molecule has 0 spiro atoms. The molecule has 0 radical (unpaired) electrons. The molecule has 1 amide bonds. The van der Waals surface area contributed by atoms with Gasteiger partial charge < -0.3 is 9.73 Å². The summed E-state index contributed by atoms with van der Waals surface area (Å²) in [7, 11) is 0. The van der Waals surface area contributed by atoms with Gasteiger partial charge in [-0.1, -0.05) is 42.0 Å². The first-order chi connectivity index (χ1) is 14.0. The second-order valence-electron chi connectivity index (χ2n) is 6.83. The van der Waals surface area contributed by atoms with Gasteiger partial charge in [0.1, 0.15) is 5.82 Å². The first kappa shape index (κ1) is 18.6. The highest BCUT2D eigenvalue weighted by Gasteiger charge is 2.18. The molecule has 5 heteroatoms. The Morgan fingerprint density at radius 2 is 1.69 bits per heavy atom. The first-order valence-corrected chi connectivity index (χ1v) is 9.21. The molecule has 0 aliphatic heterocycles. The number of nitrogens with zero attached hydrogens (tertiary/aromatic N) is 1. The molecule has 144 valence electrons. The zero-order valence-electron chi connectivity index (χ0n) is 16.1. The van der Waals surface area contributed by atoms with Gasteiger partial charge in [-0.25, -0.2) is 9.37 Å². The maximum atomic E-state index is 14.1. The summed E-state index contributed by atoms with van der Waals surface area (Å²) in [5, 5.41) is 2.94. The van der Waals surface area contributed by atoms with Crippen molar-refractivity contribution in [1.82, 2.24) is 4.98 Å². The Morgan fingerprint density at radius 1 is 0.966 bits per heavy atom. The summed E-state index contributed by atoms with van der Waals surface area (Å²) >= 11 is 0. The Balaban J connectivity index is 1.67. The third-order valence-corrected chi connectivity index (χ3v) is 4.68. The van der Waals surface area contributed by atoms with Gasteiger partial charge in [-0.3, -0.25) is 4.79 Å². The fourth-order valence-electron chi connectivity index (χ4n) is 3.20. The molecule has 4 nitrogen and oxygen atoms in total. The highest BCUT2D eigenvalue weighted by Crippen LogP contribution is 2.30. The lowest BCUT2D eigenvalue weighted by Gasteiger charge is -2.11. The number of aryl methyl sites for hydroxylation is 2. The van der Waals surface area contributed by atoms with Gasteiger partial charge in [-0.15, -0.1) is 0 Å². The molecule has 1 N–H and O–H groups in total. The van der Waals surface area contributed by atoms with Crippen molar-refractivity contribution in [2.45, 2.75) is 13.8 Å². The summed E-state index contributed by atoms with van der Waals surface area (Å²) in [4.78, 5) is 17.2. The van der Waals surface area contributed by atoms with Crippen LogP contribution in [0.4, 0.5) is 10.1 Å². The van der Waals surface area contributed by atoms with Crippen molar-refractivity contribution < 1.29 is 13.6 Å². The second-order valence-corrected chi connectivity index (χ2v) is 6.83. The molecule has 0 unspecified atom stereocenters. The lowest BCUT2D eigenvalue weighted by atomic mass is 10.1. The number of anilines is 1. The molecule has 0 saturated carbocycles. The maximum absolute atomic E-state index is 14.1. The van der Waals surface area contributed by atoms with Gasteiger partial charge in [0.05, 0.1) is 17.3 Å². The third-order valence-electron chi connectivity index (χ3n) is 4.68. The SMILES string of the molecule is Cc1ccc(NC(=O)c2ccccc2-c2ncc(-c3ccccc3F)o2)c(C)c1. The standard InChI is InChI=1S/C24H19FN2O2/c1-15-11-12-21(16(2)13-15)27-23(28)17-7-3-4-8-18(17)24-26-14-22(29-24)19-9-5-6-10-20(19)25/h3-14H,1-2H3,(H,27,28). The number of hydrogen-bond donors (Lipinski definition) is 1. The zero-order valence-corrected chi connectivity index (χ0v) is 16.1. The smallest absolute Gasteiger partial charge is 0.256 e. The molecule has 0 aliphatic carbocycles. The van der Waals surface area contributed by atoms with Gasteiger partial charge in [0.2, 0.25) is 5.89 Å². The van der Waals surface area contributed by atoms with Crippen LogP contribution in [-0.2, 0) is 0 Å². The maximum Gasteiger partial charge on any atom is 0.256 e. The van der Waals surface area contributed by atoms with E-state index in [0.717, 1.165) is 16.8 Å². The van der Waals surface area contributed by atoms with E-state index in [1.54, 1.807) is 42.5 Å². The number of halogens is 1. The molecule has 0 fully saturated rings. The van der Waals surface area contributed by atoms with E-state index in [1.807, 2.05) is 32.0 Å². The lowest BCUT2D eigenvalue weighted by molar-refractivity contribution is 0.102. The van der Waals surface area contributed by atoms with Crippen LogP contribution in [0.1, 0.15) is 21.5 Å². The van der Waals surface area contributed by atoms with Crippen LogP contribution in [0.3, 0.4) is 0 Å². The number of benzene rings is 3. The minimum Gasteiger partial charge on any atom is -0.436 e. The number of aromatic nitrogens is 1. The van der Waals surface area contributed by atoms with Gasteiger partial charge in [0, 0.05) is 11.3 Å². The number of hydrogen-bond acceptors (Lipinski definition) is 3. The zero-order chi connectivity index (χ0) is 20.4. The monoisotopic (exact) mass is 386 g/mol. The van der Waals surface area contributed by atoms with Gasteiger partial charge in [-0.05, 0) is 49.7 Å². The van der Waals surface area contributed by atoms with E-state index < -0.39 is 5.82 Å². The number of carbonyl (C=O) groups is 1. The fraction of sp³-hybridized carbons (Fsp3) is 0.0833. The molecule has 0 bridgehead atoms. The summed E-state index contributed by atoms with van der Waals surface area (Å²) < 4.78 is 19.8. The molecule has 29 heavy (non-hydrogen) atoms. The largest absolute Gasteiger partial charge is 0.436 e. The number of carbonyl (C=O) groups excluding carboxylic acids is 1. The van der Waals surface area contributed by atoms with E-state index in [1.165, 1.54) is 12.3 Å². The molecular formula is C24H19FN2O2. The van der Waals surface area contributed by atoms with Crippen molar-refractivity contribution in [1.29, 1.82) is 0 Å². The molecule has 1 aromatic heterocycles. The average Bonchev–Trinajstić information content (AvgIpc) is 3.20. The second kappa shape index (κ2) is 7.72. The molecule has 4 rings (SSSR count). The van der Waals surface area contributed by atoms with Crippen molar-refractivity contribution in [2.24, 2.45) is 0 Å². The number of nitrogens with one attached hydrogen (secondary N) is 1. The molecule has 0 aliphatic rings. The van der Waals surface area contributed by atoms with Crippen LogP contribution in [0.2, 0.25) is 0 Å². The molecule has 0 saturated heterocycles. The first-order valence-electron chi connectivity index (χ1n) is 9.21. The summed E-state index contributed by atoms with van der Waals surface area (Å²) in [6.45, 7) is 3.95. The topological polar surface area (TPSA) is 55.1 Å². The Bertz CT molecular complexity index is 1200.